The molecule has 0 aromatic heterocycles. The van der Waals surface area contributed by atoms with Crippen LogP contribution in [0.3, 0.4) is 0 Å². The summed E-state index contributed by atoms with van der Waals surface area (Å²) in [6.45, 7) is 0. The van der Waals surface area contributed by atoms with E-state index in [1.54, 1.807) is 0 Å². The molecular formula is C18H10F13OP. The van der Waals surface area contributed by atoms with Crippen LogP contribution in [0.25, 0.3) is 0 Å². The van der Waals surface area contributed by atoms with Crippen LogP contribution in [-0.4, -0.2) is 35.5 Å². The lowest BCUT2D eigenvalue weighted by Gasteiger charge is -2.41. The molecule has 33 heavy (non-hydrogen) atoms. The largest absolute Gasteiger partial charge is 0.460 e. The standard InChI is InChI=1S/C18H10F13OP/c19-13(20,15(23,24)17(27,28)29)14(21,22)16(25,26)18(30,31)33(32,11-7-3-1-4-8-11)12-9-5-2-6-10-12/h1-10H. The van der Waals surface area contributed by atoms with Gasteiger partial charge in [0.05, 0.1) is 0 Å². The molecule has 2 aromatic carbocycles. The molecular weight excluding hydrogens is 510 g/mol. The normalized spacial score (nSPS) is 14.9. The van der Waals surface area contributed by atoms with E-state index in [1.165, 1.54) is 0 Å². The Hall–Kier alpha value is -2.24. The minimum atomic E-state index is -8.07. The van der Waals surface area contributed by atoms with E-state index in [-0.39, 0.29) is 0 Å². The Kier molecular flexibility index (Phi) is 6.48. The van der Waals surface area contributed by atoms with Crippen LogP contribution in [0, 0.1) is 0 Å². The SMILES string of the molecule is O=P(c1ccccc1)(c1ccccc1)C(F)(F)C(F)(F)C(F)(F)C(F)(F)C(F)(F)C(F)(F)F. The van der Waals surface area contributed by atoms with Gasteiger partial charge in [-0.1, -0.05) is 60.7 Å². The molecule has 0 saturated heterocycles. The second-order valence-corrected chi connectivity index (χ2v) is 9.43. The maximum atomic E-state index is 15.0. The van der Waals surface area contributed by atoms with E-state index < -0.39 is 53.3 Å². The predicted molar refractivity (Wildman–Crippen MR) is 90.5 cm³/mol. The number of benzene rings is 2. The first-order valence-corrected chi connectivity index (χ1v) is 10.1. The van der Waals surface area contributed by atoms with E-state index in [9.17, 15) is 61.6 Å². The highest BCUT2D eigenvalue weighted by Crippen LogP contribution is 2.70. The molecule has 0 heterocycles. The van der Waals surface area contributed by atoms with Crippen molar-refractivity contribution < 1.29 is 61.6 Å². The summed E-state index contributed by atoms with van der Waals surface area (Å²) in [4.78, 5) is 0. The third kappa shape index (κ3) is 3.60. The molecule has 184 valence electrons. The lowest BCUT2D eigenvalue weighted by molar-refractivity contribution is -0.433. The Balaban J connectivity index is 2.84. The van der Waals surface area contributed by atoms with Crippen LogP contribution >= 0.6 is 7.14 Å². The Labute approximate surface area is 176 Å². The Morgan fingerprint density at radius 2 is 0.758 bits per heavy atom. The molecule has 0 N–H and O–H groups in total. The van der Waals surface area contributed by atoms with E-state index in [2.05, 4.69) is 0 Å². The van der Waals surface area contributed by atoms with Crippen LogP contribution in [0.2, 0.25) is 0 Å². The summed E-state index contributed by atoms with van der Waals surface area (Å²) in [5, 5.41) is -2.55. The van der Waals surface area contributed by atoms with Crippen molar-refractivity contribution in [3.05, 3.63) is 60.7 Å². The highest BCUT2D eigenvalue weighted by molar-refractivity contribution is 7.79. The van der Waals surface area contributed by atoms with E-state index in [0.717, 1.165) is 36.4 Å². The van der Waals surface area contributed by atoms with Gasteiger partial charge in [-0.15, -0.1) is 0 Å². The van der Waals surface area contributed by atoms with Crippen molar-refractivity contribution in [1.29, 1.82) is 0 Å². The summed E-state index contributed by atoms with van der Waals surface area (Å²) < 4.78 is 190. The van der Waals surface area contributed by atoms with Crippen LogP contribution < -0.4 is 10.6 Å². The van der Waals surface area contributed by atoms with Gasteiger partial charge in [0.2, 0.25) is 7.14 Å². The number of rotatable bonds is 7. The Bertz CT molecular complexity index is 973. The lowest BCUT2D eigenvalue weighted by atomic mass is 9.98. The summed E-state index contributed by atoms with van der Waals surface area (Å²) in [5.74, 6) is -31.6. The first-order valence-electron chi connectivity index (χ1n) is 8.38. The minimum Gasteiger partial charge on any atom is -0.307 e. The minimum absolute atomic E-state index is 0.484. The van der Waals surface area contributed by atoms with Crippen molar-refractivity contribution in [3.63, 3.8) is 0 Å². The molecule has 0 radical (unpaired) electrons. The van der Waals surface area contributed by atoms with Crippen molar-refractivity contribution in [3.8, 4) is 0 Å². The number of halogens is 13. The third-order valence-corrected chi connectivity index (χ3v) is 7.67. The molecule has 15 heteroatoms. The first-order chi connectivity index (χ1) is 14.7. The van der Waals surface area contributed by atoms with Gasteiger partial charge < -0.3 is 4.57 Å². The zero-order valence-corrected chi connectivity index (χ0v) is 16.4. The van der Waals surface area contributed by atoms with Gasteiger partial charge >= 0.3 is 35.5 Å². The van der Waals surface area contributed by atoms with Crippen LogP contribution in [0.4, 0.5) is 57.1 Å². The first kappa shape index (κ1) is 27.0. The summed E-state index contributed by atoms with van der Waals surface area (Å²) >= 11 is 0. The highest BCUT2D eigenvalue weighted by Gasteiger charge is 2.92. The third-order valence-electron chi connectivity index (χ3n) is 4.55. The molecule has 0 unspecified atom stereocenters. The van der Waals surface area contributed by atoms with E-state index in [4.69, 9.17) is 0 Å². The molecule has 0 atom stereocenters. The monoisotopic (exact) mass is 520 g/mol. The maximum Gasteiger partial charge on any atom is 0.460 e. The quantitative estimate of drug-likeness (QED) is 0.294. The zero-order valence-electron chi connectivity index (χ0n) is 15.5. The molecule has 0 amide bonds. The molecule has 0 saturated carbocycles. The fourth-order valence-corrected chi connectivity index (χ4v) is 5.37. The van der Waals surface area contributed by atoms with Gasteiger partial charge in [-0.25, -0.2) is 0 Å². The second kappa shape index (κ2) is 7.92. The molecule has 0 aliphatic carbocycles. The van der Waals surface area contributed by atoms with Crippen molar-refractivity contribution in [2.24, 2.45) is 0 Å². The fraction of sp³-hybridized carbons (Fsp3) is 0.333. The van der Waals surface area contributed by atoms with Gasteiger partial charge in [0.15, 0.2) is 0 Å². The molecule has 0 aliphatic heterocycles. The molecule has 2 aromatic rings. The van der Waals surface area contributed by atoms with Crippen molar-refractivity contribution in [1.82, 2.24) is 0 Å². The smallest absolute Gasteiger partial charge is 0.307 e. The predicted octanol–water partition coefficient (Wildman–Crippen LogP) is 6.70. The van der Waals surface area contributed by atoms with Crippen molar-refractivity contribution in [2.45, 2.75) is 35.5 Å². The van der Waals surface area contributed by atoms with Crippen LogP contribution in [0.1, 0.15) is 0 Å². The van der Waals surface area contributed by atoms with Crippen molar-refractivity contribution in [2.75, 3.05) is 0 Å². The molecule has 2 rings (SSSR count). The zero-order chi connectivity index (χ0) is 25.7. The maximum absolute atomic E-state index is 15.0. The highest BCUT2D eigenvalue weighted by atomic mass is 31.2. The molecule has 0 bridgehead atoms. The van der Waals surface area contributed by atoms with Gasteiger partial charge in [-0.05, 0) is 0 Å². The van der Waals surface area contributed by atoms with Gasteiger partial charge in [0.25, 0.3) is 0 Å². The topological polar surface area (TPSA) is 17.1 Å². The van der Waals surface area contributed by atoms with Gasteiger partial charge in [0.1, 0.15) is 0 Å². The van der Waals surface area contributed by atoms with Gasteiger partial charge in [-0.2, -0.15) is 57.1 Å². The lowest BCUT2D eigenvalue weighted by Crippen LogP contribution is -2.70. The Morgan fingerprint density at radius 3 is 1.06 bits per heavy atom. The molecule has 1 nitrogen and oxygen atoms in total. The summed E-state index contributed by atoms with van der Waals surface area (Å²) in [6, 6.07) is 7.46. The van der Waals surface area contributed by atoms with E-state index >= 15 is 0 Å². The van der Waals surface area contributed by atoms with Crippen LogP contribution in [-0.2, 0) is 4.57 Å². The Morgan fingerprint density at radius 1 is 0.455 bits per heavy atom. The summed E-state index contributed by atoms with van der Waals surface area (Å²) in [6.07, 6.45) is -7.52. The average Bonchev–Trinajstić information content (AvgIpc) is 2.72. The number of hydrogen-bond acceptors (Lipinski definition) is 1. The van der Waals surface area contributed by atoms with Crippen LogP contribution in [0.15, 0.2) is 60.7 Å². The number of hydrogen-bond donors (Lipinski definition) is 0. The fourth-order valence-electron chi connectivity index (χ4n) is 2.71. The van der Waals surface area contributed by atoms with E-state index in [1.807, 2.05) is 0 Å². The second-order valence-electron chi connectivity index (χ2n) is 6.62. The van der Waals surface area contributed by atoms with Gasteiger partial charge in [-0.3, -0.25) is 0 Å². The number of alkyl halides is 13. The summed E-state index contributed by atoms with van der Waals surface area (Å²) in [5.41, 5.74) is -6.77. The van der Waals surface area contributed by atoms with E-state index in [0.29, 0.717) is 24.3 Å². The average molecular weight is 520 g/mol. The molecule has 0 aliphatic rings. The summed E-state index contributed by atoms with van der Waals surface area (Å²) in [7, 11) is -6.43. The van der Waals surface area contributed by atoms with Crippen LogP contribution in [0.5, 0.6) is 0 Å². The molecule has 0 fully saturated rings. The molecule has 0 spiro atoms. The van der Waals surface area contributed by atoms with Gasteiger partial charge in [0, 0.05) is 10.6 Å². The van der Waals surface area contributed by atoms with Crippen molar-refractivity contribution >= 4 is 17.8 Å².